The van der Waals surface area contributed by atoms with E-state index in [1.165, 1.54) is 68.1 Å². The van der Waals surface area contributed by atoms with Crippen LogP contribution in [0.5, 0.6) is 0 Å². The number of esters is 2. The van der Waals surface area contributed by atoms with Gasteiger partial charge >= 0.3 is 11.9 Å². The monoisotopic (exact) mass is 840 g/mol. The molecule has 6 nitrogen and oxygen atoms in total. The summed E-state index contributed by atoms with van der Waals surface area (Å²) in [5.74, 6) is 0.563. The van der Waals surface area contributed by atoms with Gasteiger partial charge in [-0.1, -0.05) is 161 Å². The predicted octanol–water partition coefficient (Wildman–Crippen LogP) is 9.66. The molecule has 0 spiro atoms. The largest absolute Gasteiger partial charge is 0.469 e. The molecule has 6 aromatic rings. The Morgan fingerprint density at radius 2 is 0.867 bits per heavy atom. The van der Waals surface area contributed by atoms with Crippen LogP contribution in [0.15, 0.2) is 133 Å². The molecule has 0 amide bonds. The standard InChI is InChI=1S/C52H62N2O4P2/c1-37(2)33-41(53-31-29-49(55)57-5)35-59(43-19-9-7-10-20-43)47-27-25-39-17-13-15-23-45(39)51(47)52-46-24-16-14-18-40(46)26-28-48(52)60(44-21-11-8-12-22-44)36-42(34-38(3)4)54-32-30-50(56)58-6/h7-28,37-38,41-42,53-54H,29-36H2,1-6H3. The highest BCUT2D eigenvalue weighted by atomic mass is 31.1. The Morgan fingerprint density at radius 1 is 0.500 bits per heavy atom. The SMILES string of the molecule is COC(=O)CCNC(CC(C)C)CP(c1ccccc1)c1ccc2ccccc2c1-c1c(P(CC(CC(C)C)NCCC(=O)OC)c2ccccc2)ccc2ccccc12. The van der Waals surface area contributed by atoms with Crippen LogP contribution < -0.4 is 31.9 Å². The Bertz CT molecular complexity index is 2140. The van der Waals surface area contributed by atoms with Crippen molar-refractivity contribution >= 4 is 70.5 Å². The minimum Gasteiger partial charge on any atom is -0.469 e. The van der Waals surface area contributed by atoms with Crippen LogP contribution in [0.4, 0.5) is 0 Å². The molecule has 0 saturated heterocycles. The van der Waals surface area contributed by atoms with Gasteiger partial charge in [0.05, 0.1) is 27.1 Å². The summed E-state index contributed by atoms with van der Waals surface area (Å²) < 4.78 is 10.0. The van der Waals surface area contributed by atoms with Crippen molar-refractivity contribution in [3.8, 4) is 11.1 Å². The van der Waals surface area contributed by atoms with Gasteiger partial charge in [-0.05, 0) is 107 Å². The molecule has 0 fully saturated rings. The van der Waals surface area contributed by atoms with E-state index in [1.807, 2.05) is 0 Å². The Morgan fingerprint density at radius 3 is 1.23 bits per heavy atom. The van der Waals surface area contributed by atoms with E-state index in [0.29, 0.717) is 37.8 Å². The molecule has 0 heterocycles. The first kappa shape index (κ1) is 45.1. The molecule has 0 bridgehead atoms. The molecule has 2 N–H and O–H groups in total. The molecule has 0 radical (unpaired) electrons. The lowest BCUT2D eigenvalue weighted by molar-refractivity contribution is -0.141. The first-order valence-electron chi connectivity index (χ1n) is 21.5. The zero-order valence-electron chi connectivity index (χ0n) is 36.2. The Balaban J connectivity index is 1.60. The number of ether oxygens (including phenoxy) is 2. The summed E-state index contributed by atoms with van der Waals surface area (Å²) in [5.41, 5.74) is 2.63. The molecule has 4 atom stereocenters. The molecule has 314 valence electrons. The highest BCUT2D eigenvalue weighted by molar-refractivity contribution is 7.74. The topological polar surface area (TPSA) is 76.7 Å². The normalized spacial score (nSPS) is 13.7. The Hall–Kier alpha value is -4.44. The third kappa shape index (κ3) is 11.9. The van der Waals surface area contributed by atoms with Gasteiger partial charge in [-0.3, -0.25) is 9.59 Å². The maximum Gasteiger partial charge on any atom is 0.306 e. The summed E-state index contributed by atoms with van der Waals surface area (Å²) in [6, 6.07) is 49.8. The van der Waals surface area contributed by atoms with Crippen LogP contribution in [0.2, 0.25) is 0 Å². The highest BCUT2D eigenvalue weighted by Gasteiger charge is 2.30. The summed E-state index contributed by atoms with van der Waals surface area (Å²) in [4.78, 5) is 24.5. The fourth-order valence-corrected chi connectivity index (χ4v) is 13.8. The van der Waals surface area contributed by atoms with Crippen LogP contribution in [-0.2, 0) is 19.1 Å². The summed E-state index contributed by atoms with van der Waals surface area (Å²) in [5, 5.41) is 18.0. The predicted molar refractivity (Wildman–Crippen MR) is 258 cm³/mol. The number of rotatable bonds is 21. The zero-order chi connectivity index (χ0) is 42.4. The van der Waals surface area contributed by atoms with Crippen molar-refractivity contribution in [2.24, 2.45) is 11.8 Å². The summed E-state index contributed by atoms with van der Waals surface area (Å²) >= 11 is 0. The first-order chi connectivity index (χ1) is 29.2. The zero-order valence-corrected chi connectivity index (χ0v) is 38.0. The molecule has 6 rings (SSSR count). The summed E-state index contributed by atoms with van der Waals surface area (Å²) in [6.45, 7) is 10.3. The van der Waals surface area contributed by atoms with Gasteiger partial charge < -0.3 is 20.1 Å². The van der Waals surface area contributed by atoms with Gasteiger partial charge in [-0.2, -0.15) is 0 Å². The van der Waals surface area contributed by atoms with Crippen LogP contribution in [0.1, 0.15) is 53.4 Å². The van der Waals surface area contributed by atoms with Crippen molar-refractivity contribution in [2.45, 2.75) is 65.5 Å². The van der Waals surface area contributed by atoms with Crippen molar-refractivity contribution in [3.05, 3.63) is 133 Å². The molecular weight excluding hydrogens is 779 g/mol. The Kier molecular flexibility index (Phi) is 16.8. The van der Waals surface area contributed by atoms with Crippen molar-refractivity contribution in [3.63, 3.8) is 0 Å². The number of carbonyl (C=O) groups excluding carboxylic acids is 2. The van der Waals surface area contributed by atoms with Gasteiger partial charge in [-0.15, -0.1) is 0 Å². The number of fused-ring (bicyclic) bond motifs is 2. The van der Waals surface area contributed by atoms with Crippen molar-refractivity contribution in [2.75, 3.05) is 39.6 Å². The summed E-state index contributed by atoms with van der Waals surface area (Å²) in [7, 11) is 1.14. The lowest BCUT2D eigenvalue weighted by Gasteiger charge is -2.32. The average molecular weight is 841 g/mol. The van der Waals surface area contributed by atoms with Gasteiger partial charge in [-0.25, -0.2) is 0 Å². The molecule has 0 aliphatic rings. The van der Waals surface area contributed by atoms with Crippen LogP contribution >= 0.6 is 15.8 Å². The third-order valence-corrected chi connectivity index (χ3v) is 16.4. The second-order valence-electron chi connectivity index (χ2n) is 16.5. The molecule has 6 aromatic carbocycles. The summed E-state index contributed by atoms with van der Waals surface area (Å²) in [6.07, 6.45) is 4.53. The van der Waals surface area contributed by atoms with Crippen molar-refractivity contribution in [1.29, 1.82) is 0 Å². The fraction of sp³-hybridized carbons (Fsp3) is 0.346. The van der Waals surface area contributed by atoms with Crippen LogP contribution in [0.25, 0.3) is 32.7 Å². The molecule has 60 heavy (non-hydrogen) atoms. The van der Waals surface area contributed by atoms with E-state index in [4.69, 9.17) is 9.47 Å². The minimum atomic E-state index is -0.887. The van der Waals surface area contributed by atoms with E-state index >= 15 is 0 Å². The number of carbonyl (C=O) groups is 2. The number of benzene rings is 6. The van der Waals surface area contributed by atoms with E-state index in [9.17, 15) is 9.59 Å². The first-order valence-corrected chi connectivity index (χ1v) is 24.5. The molecule has 0 aliphatic carbocycles. The number of hydrogen-bond donors (Lipinski definition) is 2. The quantitative estimate of drug-likeness (QED) is 0.0556. The molecule has 8 heteroatoms. The van der Waals surface area contributed by atoms with Gasteiger partial charge in [0.25, 0.3) is 0 Å². The van der Waals surface area contributed by atoms with Gasteiger partial charge in [0, 0.05) is 25.2 Å². The molecule has 0 aromatic heterocycles. The van der Waals surface area contributed by atoms with Gasteiger partial charge in [0.2, 0.25) is 0 Å². The average Bonchev–Trinajstić information content (AvgIpc) is 3.26. The lowest BCUT2D eigenvalue weighted by Crippen LogP contribution is -2.37. The molecular formula is C52H62N2O4P2. The van der Waals surface area contributed by atoms with Crippen molar-refractivity contribution < 1.29 is 19.1 Å². The number of nitrogens with one attached hydrogen (secondary N) is 2. The Labute approximate surface area is 360 Å². The van der Waals surface area contributed by atoms with E-state index in [1.54, 1.807) is 0 Å². The second kappa shape index (κ2) is 22.4. The number of hydrogen-bond acceptors (Lipinski definition) is 6. The van der Waals surface area contributed by atoms with E-state index in [0.717, 1.165) is 25.2 Å². The van der Waals surface area contributed by atoms with Gasteiger partial charge in [0.15, 0.2) is 0 Å². The third-order valence-electron chi connectivity index (χ3n) is 11.1. The highest BCUT2D eigenvalue weighted by Crippen LogP contribution is 2.47. The maximum absolute atomic E-state index is 12.2. The van der Waals surface area contributed by atoms with E-state index in [2.05, 4.69) is 172 Å². The van der Waals surface area contributed by atoms with Gasteiger partial charge in [0.1, 0.15) is 0 Å². The fourth-order valence-electron chi connectivity index (χ4n) is 8.38. The smallest absolute Gasteiger partial charge is 0.306 e. The van der Waals surface area contributed by atoms with Crippen LogP contribution in [0.3, 0.4) is 0 Å². The van der Waals surface area contributed by atoms with E-state index in [-0.39, 0.29) is 24.0 Å². The van der Waals surface area contributed by atoms with Crippen LogP contribution in [-0.4, -0.2) is 63.7 Å². The van der Waals surface area contributed by atoms with E-state index < -0.39 is 15.8 Å². The lowest BCUT2D eigenvalue weighted by atomic mass is 9.93. The maximum atomic E-state index is 12.2. The molecule has 0 aliphatic heterocycles. The second-order valence-corrected chi connectivity index (χ2v) is 20.9. The van der Waals surface area contributed by atoms with Crippen molar-refractivity contribution in [1.82, 2.24) is 10.6 Å². The number of methoxy groups -OCH3 is 2. The molecule has 4 unspecified atom stereocenters. The molecule has 0 saturated carbocycles. The minimum absolute atomic E-state index is 0.194. The van der Waals surface area contributed by atoms with Crippen LogP contribution in [0, 0.1) is 11.8 Å².